The van der Waals surface area contributed by atoms with Crippen LogP contribution in [0.25, 0.3) is 0 Å². The van der Waals surface area contributed by atoms with E-state index >= 15 is 0 Å². The third-order valence-electron chi connectivity index (χ3n) is 3.85. The largest absolute Gasteiger partial charge is 0.480 e. The molecule has 1 aromatic carbocycles. The van der Waals surface area contributed by atoms with Gasteiger partial charge in [-0.3, -0.25) is 4.79 Å². The lowest BCUT2D eigenvalue weighted by Gasteiger charge is -2.32. The minimum atomic E-state index is -0.705. The van der Waals surface area contributed by atoms with Crippen molar-refractivity contribution in [2.75, 3.05) is 39.8 Å². The van der Waals surface area contributed by atoms with E-state index in [2.05, 4.69) is 11.9 Å². The maximum absolute atomic E-state index is 12.2. The number of carbonyl (C=O) groups is 1. The molecule has 22 heavy (non-hydrogen) atoms. The number of hydrogen-bond acceptors (Lipinski definition) is 5. The molecule has 6 nitrogen and oxygen atoms in total. The fourth-order valence-corrected chi connectivity index (χ4v) is 2.61. The van der Waals surface area contributed by atoms with Crippen molar-refractivity contribution in [1.29, 1.82) is 0 Å². The smallest absolute Gasteiger partial charge is 0.260 e. The SMILES string of the molecule is CN1CCN(C(=O)COc2cccc3c2OC(C)(C)O3)CC1. The van der Waals surface area contributed by atoms with Crippen molar-refractivity contribution < 1.29 is 19.0 Å². The number of benzene rings is 1. The summed E-state index contributed by atoms with van der Waals surface area (Å²) in [5, 5.41) is 0. The van der Waals surface area contributed by atoms with E-state index in [0.29, 0.717) is 17.2 Å². The number of amides is 1. The van der Waals surface area contributed by atoms with Gasteiger partial charge in [0.25, 0.3) is 5.91 Å². The van der Waals surface area contributed by atoms with Gasteiger partial charge in [0.05, 0.1) is 0 Å². The highest BCUT2D eigenvalue weighted by Gasteiger charge is 2.34. The molecule has 0 saturated carbocycles. The second kappa shape index (κ2) is 5.68. The predicted molar refractivity (Wildman–Crippen MR) is 81.3 cm³/mol. The molecule has 0 aliphatic carbocycles. The van der Waals surface area contributed by atoms with E-state index in [1.165, 1.54) is 0 Å². The van der Waals surface area contributed by atoms with Crippen LogP contribution < -0.4 is 14.2 Å². The van der Waals surface area contributed by atoms with Gasteiger partial charge in [-0.15, -0.1) is 0 Å². The first-order valence-corrected chi connectivity index (χ1v) is 7.55. The summed E-state index contributed by atoms with van der Waals surface area (Å²) in [7, 11) is 2.06. The molecule has 120 valence electrons. The molecule has 1 aromatic rings. The van der Waals surface area contributed by atoms with Crippen molar-refractivity contribution in [2.24, 2.45) is 0 Å². The van der Waals surface area contributed by atoms with Gasteiger partial charge in [0, 0.05) is 40.0 Å². The summed E-state index contributed by atoms with van der Waals surface area (Å²) < 4.78 is 17.1. The Morgan fingerprint density at radius 2 is 1.95 bits per heavy atom. The van der Waals surface area contributed by atoms with Gasteiger partial charge >= 0.3 is 0 Å². The number of nitrogens with zero attached hydrogens (tertiary/aromatic N) is 2. The number of piperazine rings is 1. The summed E-state index contributed by atoms with van der Waals surface area (Å²) in [4.78, 5) is 16.3. The van der Waals surface area contributed by atoms with E-state index in [4.69, 9.17) is 14.2 Å². The van der Waals surface area contributed by atoms with Crippen molar-refractivity contribution in [2.45, 2.75) is 19.6 Å². The van der Waals surface area contributed by atoms with Crippen LogP contribution in [0.15, 0.2) is 18.2 Å². The van der Waals surface area contributed by atoms with Crippen LogP contribution in [0, 0.1) is 0 Å². The van der Waals surface area contributed by atoms with E-state index in [1.807, 2.05) is 30.9 Å². The maximum Gasteiger partial charge on any atom is 0.260 e. The van der Waals surface area contributed by atoms with Crippen LogP contribution in [-0.2, 0) is 4.79 Å². The number of ether oxygens (including phenoxy) is 3. The summed E-state index contributed by atoms with van der Waals surface area (Å²) in [6, 6.07) is 5.46. The molecule has 0 bridgehead atoms. The number of fused-ring (bicyclic) bond motifs is 1. The second-order valence-electron chi connectivity index (χ2n) is 6.16. The Balaban J connectivity index is 1.61. The monoisotopic (exact) mass is 306 g/mol. The summed E-state index contributed by atoms with van der Waals surface area (Å²) in [6.07, 6.45) is 0. The van der Waals surface area contributed by atoms with Gasteiger partial charge in [-0.05, 0) is 19.2 Å². The van der Waals surface area contributed by atoms with Gasteiger partial charge in [-0.2, -0.15) is 0 Å². The first-order chi connectivity index (χ1) is 10.4. The zero-order chi connectivity index (χ0) is 15.7. The topological polar surface area (TPSA) is 51.2 Å². The van der Waals surface area contributed by atoms with Gasteiger partial charge in [0.2, 0.25) is 11.5 Å². The van der Waals surface area contributed by atoms with E-state index in [-0.39, 0.29) is 12.5 Å². The average Bonchev–Trinajstić information content (AvgIpc) is 2.80. The Morgan fingerprint density at radius 1 is 1.23 bits per heavy atom. The second-order valence-corrected chi connectivity index (χ2v) is 6.16. The summed E-state index contributed by atoms with van der Waals surface area (Å²) in [6.45, 7) is 6.99. The third kappa shape index (κ3) is 3.11. The minimum absolute atomic E-state index is 0.00359. The quantitative estimate of drug-likeness (QED) is 0.843. The Morgan fingerprint density at radius 3 is 2.68 bits per heavy atom. The predicted octanol–water partition coefficient (Wildman–Crippen LogP) is 1.35. The van der Waals surface area contributed by atoms with Crippen molar-refractivity contribution in [3.63, 3.8) is 0 Å². The van der Waals surface area contributed by atoms with E-state index in [0.717, 1.165) is 26.2 Å². The highest BCUT2D eigenvalue weighted by molar-refractivity contribution is 5.78. The normalized spacial score (nSPS) is 20.0. The van der Waals surface area contributed by atoms with Crippen LogP contribution in [0.5, 0.6) is 17.2 Å². The zero-order valence-corrected chi connectivity index (χ0v) is 13.3. The molecule has 6 heteroatoms. The molecule has 3 rings (SSSR count). The summed E-state index contributed by atoms with van der Waals surface area (Å²) in [5.74, 6) is 1.06. The molecular formula is C16H22N2O4. The highest BCUT2D eigenvalue weighted by atomic mass is 16.7. The number of hydrogen-bond donors (Lipinski definition) is 0. The van der Waals surface area contributed by atoms with Crippen LogP contribution in [-0.4, -0.2) is 61.3 Å². The fraction of sp³-hybridized carbons (Fsp3) is 0.562. The van der Waals surface area contributed by atoms with Crippen LogP contribution in [0.2, 0.25) is 0 Å². The maximum atomic E-state index is 12.2. The van der Waals surface area contributed by atoms with Gasteiger partial charge in [-0.25, -0.2) is 0 Å². The molecule has 2 aliphatic heterocycles. The molecule has 2 aliphatic rings. The number of rotatable bonds is 3. The molecule has 2 heterocycles. The molecule has 1 saturated heterocycles. The number of para-hydroxylation sites is 1. The van der Waals surface area contributed by atoms with E-state index in [1.54, 1.807) is 6.07 Å². The summed E-state index contributed by atoms with van der Waals surface area (Å²) >= 11 is 0. The number of carbonyl (C=O) groups excluding carboxylic acids is 1. The minimum Gasteiger partial charge on any atom is -0.480 e. The molecule has 0 N–H and O–H groups in total. The van der Waals surface area contributed by atoms with Crippen LogP contribution in [0.3, 0.4) is 0 Å². The molecule has 1 amide bonds. The average molecular weight is 306 g/mol. The Labute approximate surface area is 130 Å². The molecule has 0 atom stereocenters. The Hall–Kier alpha value is -1.95. The van der Waals surface area contributed by atoms with Gasteiger partial charge in [-0.1, -0.05) is 6.07 Å². The van der Waals surface area contributed by atoms with Crippen LogP contribution in [0.4, 0.5) is 0 Å². The van der Waals surface area contributed by atoms with Gasteiger partial charge < -0.3 is 24.0 Å². The summed E-state index contributed by atoms with van der Waals surface area (Å²) in [5.41, 5.74) is 0. The Kier molecular flexibility index (Phi) is 3.87. The first-order valence-electron chi connectivity index (χ1n) is 7.55. The van der Waals surface area contributed by atoms with Crippen molar-refractivity contribution >= 4 is 5.91 Å². The molecule has 0 radical (unpaired) electrons. The van der Waals surface area contributed by atoms with Gasteiger partial charge in [0.1, 0.15) is 0 Å². The molecule has 0 aromatic heterocycles. The fourth-order valence-electron chi connectivity index (χ4n) is 2.61. The highest BCUT2D eigenvalue weighted by Crippen LogP contribution is 2.45. The molecule has 1 fully saturated rings. The van der Waals surface area contributed by atoms with E-state index < -0.39 is 5.79 Å². The van der Waals surface area contributed by atoms with Crippen LogP contribution in [0.1, 0.15) is 13.8 Å². The van der Waals surface area contributed by atoms with E-state index in [9.17, 15) is 4.79 Å². The lowest BCUT2D eigenvalue weighted by atomic mass is 10.3. The lowest BCUT2D eigenvalue weighted by molar-refractivity contribution is -0.134. The van der Waals surface area contributed by atoms with Crippen molar-refractivity contribution in [3.8, 4) is 17.2 Å². The lowest BCUT2D eigenvalue weighted by Crippen LogP contribution is -2.48. The molecule has 0 spiro atoms. The molecular weight excluding hydrogens is 284 g/mol. The van der Waals surface area contributed by atoms with Crippen LogP contribution >= 0.6 is 0 Å². The van der Waals surface area contributed by atoms with Crippen molar-refractivity contribution in [3.05, 3.63) is 18.2 Å². The Bertz CT molecular complexity index is 565. The first kappa shape index (κ1) is 15.0. The van der Waals surface area contributed by atoms with Crippen molar-refractivity contribution in [1.82, 2.24) is 9.80 Å². The standard InChI is InChI=1S/C16H22N2O4/c1-16(2)21-13-6-4-5-12(15(13)22-16)20-11-14(19)18-9-7-17(3)8-10-18/h4-6H,7-11H2,1-3H3. The third-order valence-corrected chi connectivity index (χ3v) is 3.85. The van der Waals surface area contributed by atoms with Gasteiger partial charge in [0.15, 0.2) is 18.1 Å². The number of likely N-dealkylation sites (N-methyl/N-ethyl adjacent to an activating group) is 1. The molecule has 0 unspecified atom stereocenters. The zero-order valence-electron chi connectivity index (χ0n) is 13.3.